The molecule has 0 saturated carbocycles. The Kier molecular flexibility index (Phi) is 11.7. The zero-order chi connectivity index (χ0) is 21.2. The molecule has 2 rings (SSSR count). The highest BCUT2D eigenvalue weighted by molar-refractivity contribution is 14.0. The van der Waals surface area contributed by atoms with E-state index < -0.39 is 0 Å². The number of aliphatic imine (C=N–C) groups is 1. The highest BCUT2D eigenvalue weighted by atomic mass is 127. The number of hydrogen-bond acceptors (Lipinski definition) is 6. The van der Waals surface area contributed by atoms with Crippen molar-refractivity contribution in [2.75, 3.05) is 54.6 Å². The van der Waals surface area contributed by atoms with Gasteiger partial charge in [0.15, 0.2) is 17.5 Å². The first kappa shape index (κ1) is 26.1. The average molecular weight is 535 g/mol. The number of guanidine groups is 1. The zero-order valence-corrected chi connectivity index (χ0v) is 20.9. The van der Waals surface area contributed by atoms with Gasteiger partial charge in [0.05, 0.1) is 33.9 Å². The summed E-state index contributed by atoms with van der Waals surface area (Å²) in [5, 5.41) is 3.41. The molecule has 0 aromatic heterocycles. The number of ether oxygens (including phenoxy) is 4. The smallest absolute Gasteiger partial charge is 0.309 e. The second kappa shape index (κ2) is 13.4. The van der Waals surface area contributed by atoms with Crippen molar-refractivity contribution in [3.8, 4) is 17.2 Å². The topological polar surface area (TPSA) is 81.6 Å². The molecule has 0 bridgehead atoms. The predicted molar refractivity (Wildman–Crippen MR) is 128 cm³/mol. The molecule has 9 heteroatoms. The molecule has 8 nitrogen and oxygen atoms in total. The number of carbonyl (C=O) groups is 1. The Morgan fingerprint density at radius 1 is 1.13 bits per heavy atom. The standard InChI is InChI=1S/C21H33N3O5.HI/c1-6-29-20(25)16-10-13-24(14-11-16)21(22-2)23-12-9-15-7-8-17(26-3)19(28-5)18(15)27-4;/h7-8,16H,6,9-14H2,1-5H3,(H,22,23);1H. The van der Waals surface area contributed by atoms with E-state index in [1.165, 1.54) is 0 Å². The van der Waals surface area contributed by atoms with Gasteiger partial charge in [-0.05, 0) is 32.3 Å². The van der Waals surface area contributed by atoms with Crippen LogP contribution in [0.1, 0.15) is 25.3 Å². The predicted octanol–water partition coefficient (Wildman–Crippen LogP) is 2.72. The molecule has 1 fully saturated rings. The molecule has 1 N–H and O–H groups in total. The maximum atomic E-state index is 11.9. The lowest BCUT2D eigenvalue weighted by Crippen LogP contribution is -2.47. The second-order valence-electron chi connectivity index (χ2n) is 6.73. The molecule has 1 aliphatic heterocycles. The molecular formula is C21H34IN3O5. The van der Waals surface area contributed by atoms with Gasteiger partial charge < -0.3 is 29.2 Å². The van der Waals surface area contributed by atoms with Crippen molar-refractivity contribution in [1.82, 2.24) is 10.2 Å². The minimum absolute atomic E-state index is 0. The fraction of sp³-hybridized carbons (Fsp3) is 0.619. The maximum Gasteiger partial charge on any atom is 0.309 e. The van der Waals surface area contributed by atoms with Gasteiger partial charge in [0.2, 0.25) is 5.75 Å². The summed E-state index contributed by atoms with van der Waals surface area (Å²) in [6.45, 7) is 4.52. The number of halogens is 1. The van der Waals surface area contributed by atoms with Gasteiger partial charge in [-0.15, -0.1) is 24.0 Å². The monoisotopic (exact) mass is 535 g/mol. The normalized spacial score (nSPS) is 14.6. The van der Waals surface area contributed by atoms with Gasteiger partial charge in [-0.25, -0.2) is 0 Å². The number of esters is 1. The SMILES string of the molecule is CCOC(=O)C1CCN(C(=NC)NCCc2ccc(OC)c(OC)c2OC)CC1.I. The molecule has 0 unspecified atom stereocenters. The van der Waals surface area contributed by atoms with Crippen molar-refractivity contribution in [2.45, 2.75) is 26.2 Å². The average Bonchev–Trinajstić information content (AvgIpc) is 2.76. The first-order valence-electron chi connectivity index (χ1n) is 9.99. The quantitative estimate of drug-likeness (QED) is 0.237. The molecule has 0 aliphatic carbocycles. The van der Waals surface area contributed by atoms with Crippen LogP contribution in [0, 0.1) is 5.92 Å². The number of rotatable bonds is 8. The summed E-state index contributed by atoms with van der Waals surface area (Å²) in [6, 6.07) is 3.86. The van der Waals surface area contributed by atoms with Crippen LogP contribution in [-0.4, -0.2) is 71.4 Å². The van der Waals surface area contributed by atoms with Crippen LogP contribution in [0.25, 0.3) is 0 Å². The number of benzene rings is 1. The molecule has 1 aromatic carbocycles. The maximum absolute atomic E-state index is 11.9. The number of hydrogen-bond donors (Lipinski definition) is 1. The van der Waals surface area contributed by atoms with Gasteiger partial charge in [-0.3, -0.25) is 9.79 Å². The minimum atomic E-state index is -0.0874. The van der Waals surface area contributed by atoms with E-state index in [4.69, 9.17) is 18.9 Å². The van der Waals surface area contributed by atoms with Crippen LogP contribution in [0.3, 0.4) is 0 Å². The molecule has 1 saturated heterocycles. The van der Waals surface area contributed by atoms with Crippen LogP contribution < -0.4 is 19.5 Å². The van der Waals surface area contributed by atoms with Crippen LogP contribution in [-0.2, 0) is 16.0 Å². The highest BCUT2D eigenvalue weighted by Crippen LogP contribution is 2.39. The first-order chi connectivity index (χ1) is 14.1. The number of methoxy groups -OCH3 is 3. The van der Waals surface area contributed by atoms with Crippen LogP contribution in [0.5, 0.6) is 17.2 Å². The van der Waals surface area contributed by atoms with Crippen molar-refractivity contribution in [3.63, 3.8) is 0 Å². The number of carbonyl (C=O) groups excluding carboxylic acids is 1. The van der Waals surface area contributed by atoms with Crippen molar-refractivity contribution in [1.29, 1.82) is 0 Å². The van der Waals surface area contributed by atoms with E-state index in [1.807, 2.05) is 19.1 Å². The van der Waals surface area contributed by atoms with E-state index >= 15 is 0 Å². The van der Waals surface area contributed by atoms with E-state index in [0.717, 1.165) is 43.9 Å². The molecule has 1 aliphatic rings. The highest BCUT2D eigenvalue weighted by Gasteiger charge is 2.27. The lowest BCUT2D eigenvalue weighted by molar-refractivity contribution is -0.149. The Morgan fingerprint density at radius 2 is 1.80 bits per heavy atom. The lowest BCUT2D eigenvalue weighted by Gasteiger charge is -2.33. The molecular weight excluding hydrogens is 501 g/mol. The second-order valence-corrected chi connectivity index (χ2v) is 6.73. The summed E-state index contributed by atoms with van der Waals surface area (Å²) >= 11 is 0. The van der Waals surface area contributed by atoms with E-state index in [1.54, 1.807) is 28.4 Å². The molecule has 0 amide bonds. The molecule has 170 valence electrons. The fourth-order valence-corrected chi connectivity index (χ4v) is 3.59. The summed E-state index contributed by atoms with van der Waals surface area (Å²) in [5.74, 6) is 2.65. The van der Waals surface area contributed by atoms with Gasteiger partial charge in [0, 0.05) is 32.2 Å². The van der Waals surface area contributed by atoms with Crippen molar-refractivity contribution in [2.24, 2.45) is 10.9 Å². The van der Waals surface area contributed by atoms with Gasteiger partial charge in [-0.2, -0.15) is 0 Å². The van der Waals surface area contributed by atoms with Crippen molar-refractivity contribution < 1.29 is 23.7 Å². The van der Waals surface area contributed by atoms with E-state index in [2.05, 4.69) is 15.2 Å². The Labute approximate surface area is 196 Å². The molecule has 0 radical (unpaired) electrons. The third kappa shape index (κ3) is 6.55. The summed E-state index contributed by atoms with van der Waals surface area (Å²) in [6.07, 6.45) is 2.30. The number of nitrogens with one attached hydrogen (secondary N) is 1. The molecule has 0 spiro atoms. The van der Waals surface area contributed by atoms with Crippen LogP contribution >= 0.6 is 24.0 Å². The van der Waals surface area contributed by atoms with Gasteiger partial charge in [0.1, 0.15) is 0 Å². The van der Waals surface area contributed by atoms with E-state index in [9.17, 15) is 4.79 Å². The number of piperidine rings is 1. The molecule has 30 heavy (non-hydrogen) atoms. The fourth-order valence-electron chi connectivity index (χ4n) is 3.59. The minimum Gasteiger partial charge on any atom is -0.493 e. The van der Waals surface area contributed by atoms with Crippen molar-refractivity contribution in [3.05, 3.63) is 17.7 Å². The Hall–Kier alpha value is -1.91. The Morgan fingerprint density at radius 3 is 2.33 bits per heavy atom. The third-order valence-electron chi connectivity index (χ3n) is 5.09. The summed E-state index contributed by atoms with van der Waals surface area (Å²) < 4.78 is 21.5. The summed E-state index contributed by atoms with van der Waals surface area (Å²) in [7, 11) is 6.61. The largest absolute Gasteiger partial charge is 0.493 e. The number of nitrogens with zero attached hydrogens (tertiary/aromatic N) is 2. The van der Waals surface area contributed by atoms with Crippen LogP contribution in [0.15, 0.2) is 17.1 Å². The molecule has 0 atom stereocenters. The van der Waals surface area contributed by atoms with Crippen LogP contribution in [0.4, 0.5) is 0 Å². The zero-order valence-electron chi connectivity index (χ0n) is 18.5. The van der Waals surface area contributed by atoms with Gasteiger partial charge >= 0.3 is 5.97 Å². The van der Waals surface area contributed by atoms with E-state index in [0.29, 0.717) is 30.4 Å². The van der Waals surface area contributed by atoms with Gasteiger partial charge in [0.25, 0.3) is 0 Å². The number of likely N-dealkylation sites (tertiary alicyclic amines) is 1. The van der Waals surface area contributed by atoms with Crippen LogP contribution in [0.2, 0.25) is 0 Å². The summed E-state index contributed by atoms with van der Waals surface area (Å²) in [4.78, 5) is 18.5. The van der Waals surface area contributed by atoms with Crippen molar-refractivity contribution >= 4 is 35.9 Å². The lowest BCUT2D eigenvalue weighted by atomic mass is 9.97. The Balaban J connectivity index is 0.00000450. The molecule has 1 aromatic rings. The summed E-state index contributed by atoms with van der Waals surface area (Å²) in [5.41, 5.74) is 1.02. The first-order valence-corrected chi connectivity index (χ1v) is 9.99. The van der Waals surface area contributed by atoms with Gasteiger partial charge in [-0.1, -0.05) is 6.07 Å². The van der Waals surface area contributed by atoms with E-state index in [-0.39, 0.29) is 35.9 Å². The third-order valence-corrected chi connectivity index (χ3v) is 5.09. The Bertz CT molecular complexity index is 706. The molecule has 1 heterocycles.